The number of β-amino-alcohol motifs (C(OH)–C–C–N with tert-alkyl or cyclic N) is 1. The minimum atomic E-state index is -1.68. The smallest absolute Gasteiger partial charge is 0.257 e. The Morgan fingerprint density at radius 1 is 1.32 bits per heavy atom. The number of nitrogens with one attached hydrogen (secondary N) is 1. The van der Waals surface area contributed by atoms with Crippen molar-refractivity contribution in [2.75, 3.05) is 20.1 Å². The van der Waals surface area contributed by atoms with Gasteiger partial charge in [-0.3, -0.25) is 4.79 Å². The summed E-state index contributed by atoms with van der Waals surface area (Å²) in [6.45, 7) is 0.678. The van der Waals surface area contributed by atoms with Gasteiger partial charge >= 0.3 is 0 Å². The topological polar surface area (TPSA) is 52.6 Å². The van der Waals surface area contributed by atoms with Crippen molar-refractivity contribution in [2.45, 2.75) is 12.1 Å². The van der Waals surface area contributed by atoms with Crippen LogP contribution in [0.1, 0.15) is 10.4 Å². The summed E-state index contributed by atoms with van der Waals surface area (Å²) in [5.74, 6) is -5.34. The molecule has 19 heavy (non-hydrogen) atoms. The van der Waals surface area contributed by atoms with Gasteiger partial charge in [0.25, 0.3) is 5.91 Å². The van der Waals surface area contributed by atoms with Gasteiger partial charge in [-0.1, -0.05) is 0 Å². The van der Waals surface area contributed by atoms with Gasteiger partial charge < -0.3 is 15.3 Å². The standard InChI is InChI=1S/C12H13F3N2O2/c1-17(8-4-16-5-9(8)18)12(19)6-2-3-7(13)11(15)10(6)14/h2-3,8-9,16,18H,4-5H2,1H3/t8-,9-/m0/s1. The van der Waals surface area contributed by atoms with Gasteiger partial charge in [-0.2, -0.15) is 0 Å². The number of halogens is 3. The minimum Gasteiger partial charge on any atom is -0.390 e. The molecule has 1 aromatic carbocycles. The molecular formula is C12H13F3N2O2. The molecule has 0 aliphatic carbocycles. The molecule has 2 atom stereocenters. The lowest BCUT2D eigenvalue weighted by Gasteiger charge is -2.26. The van der Waals surface area contributed by atoms with Crippen LogP contribution in [-0.2, 0) is 0 Å². The summed E-state index contributed by atoms with van der Waals surface area (Å²) in [4.78, 5) is 13.1. The first-order chi connectivity index (χ1) is 8.93. The Morgan fingerprint density at radius 2 is 2.00 bits per heavy atom. The summed E-state index contributed by atoms with van der Waals surface area (Å²) in [6, 6.07) is 1.06. The zero-order chi connectivity index (χ0) is 14.2. The molecule has 1 aliphatic rings. The maximum absolute atomic E-state index is 13.5. The van der Waals surface area contributed by atoms with Crippen molar-refractivity contribution in [3.8, 4) is 0 Å². The van der Waals surface area contributed by atoms with Crippen molar-refractivity contribution in [1.29, 1.82) is 0 Å². The lowest BCUT2D eigenvalue weighted by molar-refractivity contribution is 0.0575. The van der Waals surface area contributed by atoms with Crippen molar-refractivity contribution >= 4 is 5.91 Å². The van der Waals surface area contributed by atoms with Gasteiger partial charge in [0.15, 0.2) is 17.5 Å². The molecule has 2 rings (SSSR count). The summed E-state index contributed by atoms with van der Waals surface area (Å²) in [5.41, 5.74) is -0.555. The monoisotopic (exact) mass is 274 g/mol. The average Bonchev–Trinajstić information content (AvgIpc) is 2.81. The van der Waals surface area contributed by atoms with E-state index < -0.39 is 41.1 Å². The number of carbonyl (C=O) groups excluding carboxylic acids is 1. The molecule has 4 nitrogen and oxygen atoms in total. The highest BCUT2D eigenvalue weighted by Gasteiger charge is 2.33. The third-order valence-electron chi connectivity index (χ3n) is 3.23. The van der Waals surface area contributed by atoms with Gasteiger partial charge in [-0.25, -0.2) is 13.2 Å². The second kappa shape index (κ2) is 5.18. The van der Waals surface area contributed by atoms with E-state index in [1.807, 2.05) is 0 Å². The number of aliphatic hydroxyl groups is 1. The van der Waals surface area contributed by atoms with Gasteiger partial charge in [0.1, 0.15) is 0 Å². The Balaban J connectivity index is 2.27. The lowest BCUT2D eigenvalue weighted by Crippen LogP contribution is -2.44. The van der Waals surface area contributed by atoms with E-state index in [9.17, 15) is 23.1 Å². The predicted molar refractivity (Wildman–Crippen MR) is 61.1 cm³/mol. The zero-order valence-corrected chi connectivity index (χ0v) is 10.2. The number of carbonyl (C=O) groups is 1. The van der Waals surface area contributed by atoms with Gasteiger partial charge in [0.05, 0.1) is 17.7 Å². The van der Waals surface area contributed by atoms with E-state index in [-0.39, 0.29) is 0 Å². The largest absolute Gasteiger partial charge is 0.390 e. The fraction of sp³-hybridized carbons (Fsp3) is 0.417. The van der Waals surface area contributed by atoms with Crippen LogP contribution in [0.4, 0.5) is 13.2 Å². The fourth-order valence-corrected chi connectivity index (χ4v) is 2.08. The molecule has 7 heteroatoms. The average molecular weight is 274 g/mol. The first kappa shape index (κ1) is 13.8. The highest BCUT2D eigenvalue weighted by Crippen LogP contribution is 2.18. The molecule has 1 amide bonds. The zero-order valence-electron chi connectivity index (χ0n) is 10.2. The third-order valence-corrected chi connectivity index (χ3v) is 3.23. The normalized spacial score (nSPS) is 22.6. The quantitative estimate of drug-likeness (QED) is 0.773. The Bertz CT molecular complexity index is 510. The Labute approximate surface area is 107 Å². The number of amides is 1. The number of aliphatic hydroxyl groups excluding tert-OH is 1. The molecule has 0 saturated carbocycles. The molecule has 104 valence electrons. The number of likely N-dealkylation sites (N-methyl/N-ethyl adjacent to an activating group) is 1. The Morgan fingerprint density at radius 3 is 2.58 bits per heavy atom. The number of rotatable bonds is 2. The molecule has 2 N–H and O–H groups in total. The van der Waals surface area contributed by atoms with E-state index in [1.165, 1.54) is 7.05 Å². The molecule has 0 spiro atoms. The molecule has 1 fully saturated rings. The van der Waals surface area contributed by atoms with Crippen LogP contribution < -0.4 is 5.32 Å². The molecule has 0 unspecified atom stereocenters. The molecular weight excluding hydrogens is 261 g/mol. The van der Waals surface area contributed by atoms with Crippen LogP contribution in [-0.4, -0.2) is 48.2 Å². The van der Waals surface area contributed by atoms with Crippen molar-refractivity contribution < 1.29 is 23.1 Å². The van der Waals surface area contributed by atoms with Gasteiger partial charge in [-0.15, -0.1) is 0 Å². The third kappa shape index (κ3) is 2.43. The van der Waals surface area contributed by atoms with Crippen LogP contribution >= 0.6 is 0 Å². The number of nitrogens with zero attached hydrogens (tertiary/aromatic N) is 1. The van der Waals surface area contributed by atoms with Crippen molar-refractivity contribution in [2.24, 2.45) is 0 Å². The van der Waals surface area contributed by atoms with Crippen LogP contribution in [0.25, 0.3) is 0 Å². The van der Waals surface area contributed by atoms with E-state index >= 15 is 0 Å². The summed E-state index contributed by atoms with van der Waals surface area (Å²) in [7, 11) is 1.38. The highest BCUT2D eigenvalue weighted by atomic mass is 19.2. The first-order valence-corrected chi connectivity index (χ1v) is 5.73. The van der Waals surface area contributed by atoms with Crippen LogP contribution in [0, 0.1) is 17.5 Å². The second-order valence-electron chi connectivity index (χ2n) is 4.43. The van der Waals surface area contributed by atoms with Crippen molar-refractivity contribution in [3.63, 3.8) is 0 Å². The van der Waals surface area contributed by atoms with Gasteiger partial charge in [-0.05, 0) is 12.1 Å². The van der Waals surface area contributed by atoms with Gasteiger partial charge in [0.2, 0.25) is 0 Å². The maximum Gasteiger partial charge on any atom is 0.257 e. The van der Waals surface area contributed by atoms with Crippen molar-refractivity contribution in [1.82, 2.24) is 10.2 Å². The fourth-order valence-electron chi connectivity index (χ4n) is 2.08. The van der Waals surface area contributed by atoms with Gasteiger partial charge in [0, 0.05) is 20.1 Å². The summed E-state index contributed by atoms with van der Waals surface area (Å²) in [6.07, 6.45) is -0.776. The molecule has 0 radical (unpaired) electrons. The van der Waals surface area contributed by atoms with E-state index in [4.69, 9.17) is 0 Å². The van der Waals surface area contributed by atoms with E-state index in [1.54, 1.807) is 0 Å². The number of hydrogen-bond donors (Lipinski definition) is 2. The van der Waals surface area contributed by atoms with Crippen molar-refractivity contribution in [3.05, 3.63) is 35.1 Å². The highest BCUT2D eigenvalue weighted by molar-refractivity contribution is 5.94. The molecule has 1 aliphatic heterocycles. The summed E-state index contributed by atoms with van der Waals surface area (Å²) >= 11 is 0. The Hall–Kier alpha value is -1.60. The molecule has 1 saturated heterocycles. The van der Waals surface area contributed by atoms with E-state index in [2.05, 4.69) is 5.32 Å². The molecule has 0 aromatic heterocycles. The number of hydrogen-bond acceptors (Lipinski definition) is 3. The van der Waals surface area contributed by atoms with Crippen LogP contribution in [0.2, 0.25) is 0 Å². The van der Waals surface area contributed by atoms with Crippen LogP contribution in [0.15, 0.2) is 12.1 Å². The lowest BCUT2D eigenvalue weighted by atomic mass is 10.1. The molecule has 1 heterocycles. The van der Waals surface area contributed by atoms with Crippen LogP contribution in [0.5, 0.6) is 0 Å². The molecule has 1 aromatic rings. The maximum atomic E-state index is 13.5. The van der Waals surface area contributed by atoms with Crippen LogP contribution in [0.3, 0.4) is 0 Å². The Kier molecular flexibility index (Phi) is 3.77. The van der Waals surface area contributed by atoms with E-state index in [0.717, 1.165) is 11.0 Å². The predicted octanol–water partition coefficient (Wildman–Crippen LogP) is 0.509. The number of benzene rings is 1. The SMILES string of the molecule is CN(C(=O)c1ccc(F)c(F)c1F)[C@H]1CNC[C@@H]1O. The summed E-state index contributed by atoms with van der Waals surface area (Å²) in [5, 5.41) is 12.5. The van der Waals surface area contributed by atoms with E-state index in [0.29, 0.717) is 19.2 Å². The summed E-state index contributed by atoms with van der Waals surface area (Å²) < 4.78 is 39.4. The molecule has 0 bridgehead atoms. The minimum absolute atomic E-state index is 0.322. The second-order valence-corrected chi connectivity index (χ2v) is 4.43. The first-order valence-electron chi connectivity index (χ1n) is 5.73.